The quantitative estimate of drug-likeness (QED) is 0.507. The van der Waals surface area contributed by atoms with Crippen LogP contribution in [0.15, 0.2) is 30.6 Å². The summed E-state index contributed by atoms with van der Waals surface area (Å²) in [5.74, 6) is 2.08. The molecule has 3 fully saturated rings. The van der Waals surface area contributed by atoms with Crippen molar-refractivity contribution in [3.05, 3.63) is 41.7 Å². The van der Waals surface area contributed by atoms with Gasteiger partial charge in [-0.25, -0.2) is 9.97 Å². The van der Waals surface area contributed by atoms with E-state index in [-0.39, 0.29) is 12.3 Å². The van der Waals surface area contributed by atoms with Gasteiger partial charge in [-0.05, 0) is 92.5 Å². The summed E-state index contributed by atoms with van der Waals surface area (Å²) in [6.45, 7) is 4.72. The van der Waals surface area contributed by atoms with Gasteiger partial charge in [0.1, 0.15) is 0 Å². The minimum atomic E-state index is -0.743. The van der Waals surface area contributed by atoms with Gasteiger partial charge in [-0.3, -0.25) is 4.79 Å². The molecule has 0 bridgehead atoms. The zero-order valence-electron chi connectivity index (χ0n) is 21.2. The van der Waals surface area contributed by atoms with E-state index < -0.39 is 5.97 Å². The molecule has 5 rings (SSSR count). The van der Waals surface area contributed by atoms with Gasteiger partial charge in [0.25, 0.3) is 0 Å². The SMILES string of the molecule is COc1cc(N2CCC(COc3cc([C@@H](CC(=O)O)C4CC4)ccn3)CC2)c(C2CCNCC2)cn1. The number of methoxy groups -OCH3 is 1. The maximum Gasteiger partial charge on any atom is 0.303 e. The second-order valence-corrected chi connectivity index (χ2v) is 10.5. The van der Waals surface area contributed by atoms with Gasteiger partial charge in [0.05, 0.1) is 20.1 Å². The molecule has 0 aromatic carbocycles. The van der Waals surface area contributed by atoms with Crippen LogP contribution in [0.2, 0.25) is 0 Å². The fraction of sp³-hybridized carbons (Fsp3) is 0.607. The number of aliphatic carboxylic acids is 1. The number of piperidine rings is 2. The van der Waals surface area contributed by atoms with E-state index in [1.165, 1.54) is 11.3 Å². The molecule has 0 spiro atoms. The molecule has 0 radical (unpaired) electrons. The number of nitrogens with zero attached hydrogens (tertiary/aromatic N) is 3. The molecule has 4 heterocycles. The van der Waals surface area contributed by atoms with Crippen LogP contribution in [-0.4, -0.2) is 60.9 Å². The summed E-state index contributed by atoms with van der Waals surface area (Å²) in [5, 5.41) is 12.8. The number of carbonyl (C=O) groups is 1. The van der Waals surface area contributed by atoms with E-state index >= 15 is 0 Å². The highest BCUT2D eigenvalue weighted by Gasteiger charge is 2.34. The lowest BCUT2D eigenvalue weighted by Crippen LogP contribution is -2.37. The molecule has 1 aliphatic carbocycles. The summed E-state index contributed by atoms with van der Waals surface area (Å²) in [5.41, 5.74) is 3.66. The van der Waals surface area contributed by atoms with Crippen LogP contribution in [0.1, 0.15) is 67.9 Å². The molecule has 0 unspecified atom stereocenters. The molecule has 0 amide bonds. The molecular formula is C28H38N4O4. The second kappa shape index (κ2) is 11.5. The molecule has 2 saturated heterocycles. The molecule has 1 saturated carbocycles. The molecule has 194 valence electrons. The zero-order valence-corrected chi connectivity index (χ0v) is 21.2. The van der Waals surface area contributed by atoms with Crippen molar-refractivity contribution in [3.8, 4) is 11.8 Å². The van der Waals surface area contributed by atoms with Gasteiger partial charge in [0.2, 0.25) is 11.8 Å². The molecule has 2 aromatic heterocycles. The molecule has 3 aliphatic rings. The molecule has 8 nitrogen and oxygen atoms in total. The minimum absolute atomic E-state index is 0.0579. The smallest absolute Gasteiger partial charge is 0.303 e. The third-order valence-electron chi connectivity index (χ3n) is 8.07. The maximum absolute atomic E-state index is 11.3. The van der Waals surface area contributed by atoms with Crippen molar-refractivity contribution >= 4 is 11.7 Å². The van der Waals surface area contributed by atoms with Crippen molar-refractivity contribution in [2.75, 3.05) is 44.8 Å². The minimum Gasteiger partial charge on any atom is -0.481 e. The van der Waals surface area contributed by atoms with Gasteiger partial charge in [-0.1, -0.05) is 0 Å². The third kappa shape index (κ3) is 6.09. The predicted molar refractivity (Wildman–Crippen MR) is 138 cm³/mol. The van der Waals surface area contributed by atoms with Gasteiger partial charge >= 0.3 is 5.97 Å². The normalized spacial score (nSPS) is 20.2. The van der Waals surface area contributed by atoms with E-state index in [1.807, 2.05) is 18.3 Å². The lowest BCUT2D eigenvalue weighted by atomic mass is 9.89. The Morgan fingerprint density at radius 3 is 2.58 bits per heavy atom. The van der Waals surface area contributed by atoms with Crippen LogP contribution in [0.3, 0.4) is 0 Å². The average molecular weight is 495 g/mol. The number of carboxylic acids is 1. The van der Waals surface area contributed by atoms with Crippen LogP contribution in [0.25, 0.3) is 0 Å². The fourth-order valence-corrected chi connectivity index (χ4v) is 5.79. The number of rotatable bonds is 10. The van der Waals surface area contributed by atoms with Gasteiger partial charge < -0.3 is 24.8 Å². The molecule has 1 atom stereocenters. The number of ether oxygens (including phenoxy) is 2. The van der Waals surface area contributed by atoms with Crippen LogP contribution < -0.4 is 19.7 Å². The molecule has 36 heavy (non-hydrogen) atoms. The highest BCUT2D eigenvalue weighted by molar-refractivity contribution is 5.68. The van der Waals surface area contributed by atoms with E-state index in [1.54, 1.807) is 13.3 Å². The van der Waals surface area contributed by atoms with Crippen molar-refractivity contribution in [2.45, 2.75) is 56.8 Å². The van der Waals surface area contributed by atoms with Crippen molar-refractivity contribution in [2.24, 2.45) is 11.8 Å². The summed E-state index contributed by atoms with van der Waals surface area (Å²) in [7, 11) is 1.68. The van der Waals surface area contributed by atoms with E-state index in [4.69, 9.17) is 9.47 Å². The van der Waals surface area contributed by atoms with Crippen LogP contribution in [0.5, 0.6) is 11.8 Å². The number of hydrogen-bond donors (Lipinski definition) is 2. The number of aromatic nitrogens is 2. The highest BCUT2D eigenvalue weighted by Crippen LogP contribution is 2.45. The largest absolute Gasteiger partial charge is 0.481 e. The Morgan fingerprint density at radius 1 is 1.11 bits per heavy atom. The summed E-state index contributed by atoms with van der Waals surface area (Å²) < 4.78 is 11.6. The summed E-state index contributed by atoms with van der Waals surface area (Å²) in [6.07, 6.45) is 10.6. The van der Waals surface area contributed by atoms with Gasteiger partial charge in [0.15, 0.2) is 0 Å². The standard InChI is InChI=1S/C28H38N4O4/c1-35-26-16-25(24(17-31-26)21-4-9-29-10-5-21)32-12-7-19(8-13-32)18-36-27-14-22(6-11-30-27)23(15-28(33)34)20-2-3-20/h6,11,14,16-17,19-21,23,29H,2-5,7-10,12-13,15,18H2,1H3,(H,33,34)/t23-/m0/s1. The van der Waals surface area contributed by atoms with Crippen LogP contribution in [0.4, 0.5) is 5.69 Å². The van der Waals surface area contributed by atoms with Gasteiger partial charge in [-0.15, -0.1) is 0 Å². The van der Waals surface area contributed by atoms with Crippen LogP contribution >= 0.6 is 0 Å². The first-order valence-corrected chi connectivity index (χ1v) is 13.4. The Balaban J connectivity index is 1.18. The number of nitrogens with one attached hydrogen (secondary N) is 1. The number of anilines is 1. The Kier molecular flexibility index (Phi) is 7.90. The molecule has 2 N–H and O–H groups in total. The zero-order chi connectivity index (χ0) is 24.9. The number of pyridine rings is 2. The van der Waals surface area contributed by atoms with Crippen molar-refractivity contribution in [1.82, 2.24) is 15.3 Å². The fourth-order valence-electron chi connectivity index (χ4n) is 5.79. The molecule has 2 aromatic rings. The van der Waals surface area contributed by atoms with Crippen LogP contribution in [-0.2, 0) is 4.79 Å². The second-order valence-electron chi connectivity index (χ2n) is 10.5. The van der Waals surface area contributed by atoms with E-state index in [2.05, 4.69) is 26.3 Å². The first kappa shape index (κ1) is 24.8. The summed E-state index contributed by atoms with van der Waals surface area (Å²) in [6, 6.07) is 6.01. The Labute approximate surface area is 213 Å². The molecule has 2 aliphatic heterocycles. The summed E-state index contributed by atoms with van der Waals surface area (Å²) >= 11 is 0. The van der Waals surface area contributed by atoms with Gasteiger partial charge in [0, 0.05) is 43.3 Å². The Bertz CT molecular complexity index is 1030. The van der Waals surface area contributed by atoms with E-state index in [0.717, 1.165) is 70.3 Å². The predicted octanol–water partition coefficient (Wildman–Crippen LogP) is 4.22. The van der Waals surface area contributed by atoms with E-state index in [0.29, 0.717) is 36.1 Å². The van der Waals surface area contributed by atoms with Crippen LogP contribution in [0, 0.1) is 11.8 Å². The molecular weight excluding hydrogens is 456 g/mol. The number of hydrogen-bond acceptors (Lipinski definition) is 7. The van der Waals surface area contributed by atoms with Crippen molar-refractivity contribution in [3.63, 3.8) is 0 Å². The first-order valence-electron chi connectivity index (χ1n) is 13.4. The number of carboxylic acid groups (broad SMARTS) is 1. The topological polar surface area (TPSA) is 96.8 Å². The average Bonchev–Trinajstić information content (AvgIpc) is 3.76. The van der Waals surface area contributed by atoms with E-state index in [9.17, 15) is 9.90 Å². The summed E-state index contributed by atoms with van der Waals surface area (Å²) in [4.78, 5) is 22.8. The third-order valence-corrected chi connectivity index (χ3v) is 8.07. The lowest BCUT2D eigenvalue weighted by molar-refractivity contribution is -0.137. The monoisotopic (exact) mass is 494 g/mol. The Morgan fingerprint density at radius 2 is 1.89 bits per heavy atom. The van der Waals surface area contributed by atoms with Gasteiger partial charge in [-0.2, -0.15) is 0 Å². The lowest BCUT2D eigenvalue weighted by Gasteiger charge is -2.36. The maximum atomic E-state index is 11.3. The molecule has 8 heteroatoms. The first-order chi connectivity index (χ1) is 17.6. The highest BCUT2D eigenvalue weighted by atomic mass is 16.5. The van der Waals surface area contributed by atoms with Crippen molar-refractivity contribution < 1.29 is 19.4 Å². The van der Waals surface area contributed by atoms with Crippen molar-refractivity contribution in [1.29, 1.82) is 0 Å². The Hall–Kier alpha value is -2.87.